The minimum absolute atomic E-state index is 0.0619. The molecule has 2 atom stereocenters. The van der Waals surface area contributed by atoms with E-state index in [1.54, 1.807) is 24.3 Å². The number of fused-ring (bicyclic) bond motifs is 2. The Balaban J connectivity index is 1.65. The number of cyclic esters (lactones) is 2. The van der Waals surface area contributed by atoms with Gasteiger partial charge in [0.25, 0.3) is 0 Å². The Morgan fingerprint density at radius 1 is 0.889 bits per heavy atom. The molecule has 0 fully saturated rings. The van der Waals surface area contributed by atoms with E-state index in [0.29, 0.717) is 0 Å². The van der Waals surface area contributed by atoms with Crippen LogP contribution in [0.1, 0.15) is 44.7 Å². The summed E-state index contributed by atoms with van der Waals surface area (Å²) < 4.78 is 17.0. The molecule has 0 saturated heterocycles. The van der Waals surface area contributed by atoms with Crippen LogP contribution in [0.15, 0.2) is 54.6 Å². The number of benzene rings is 2. The zero-order valence-electron chi connectivity index (χ0n) is 15.0. The Morgan fingerprint density at radius 3 is 2.33 bits per heavy atom. The largest absolute Gasteiger partial charge is 0.460 e. The molecule has 1 aliphatic heterocycles. The van der Waals surface area contributed by atoms with Gasteiger partial charge in [-0.05, 0) is 30.2 Å². The maximum Gasteiger partial charge on any atom is 0.339 e. The first-order valence-corrected chi connectivity index (χ1v) is 8.93. The SMILES string of the molecule is CC1(C2C=Cc3ccccc32)COC(=O)c2ccccc2C(=O)OCCO1. The van der Waals surface area contributed by atoms with Gasteiger partial charge in [-0.1, -0.05) is 48.6 Å². The van der Waals surface area contributed by atoms with Gasteiger partial charge in [-0.15, -0.1) is 0 Å². The second-order valence-corrected chi connectivity index (χ2v) is 6.88. The summed E-state index contributed by atoms with van der Waals surface area (Å²) in [4.78, 5) is 24.9. The van der Waals surface area contributed by atoms with Gasteiger partial charge in [0.2, 0.25) is 0 Å². The molecule has 27 heavy (non-hydrogen) atoms. The van der Waals surface area contributed by atoms with Gasteiger partial charge in [-0.25, -0.2) is 9.59 Å². The fraction of sp³-hybridized carbons (Fsp3) is 0.273. The Labute approximate surface area is 157 Å². The van der Waals surface area contributed by atoms with Gasteiger partial charge in [-0.3, -0.25) is 0 Å². The first kappa shape index (κ1) is 17.5. The standard InChI is InChI=1S/C22H20O5/c1-22(19-11-10-15-6-2-3-7-16(15)19)14-26-21(24)18-9-5-4-8-17(18)20(23)25-12-13-27-22/h2-11,19H,12-14H2,1H3. The van der Waals surface area contributed by atoms with Crippen LogP contribution in [0, 0.1) is 0 Å². The van der Waals surface area contributed by atoms with Gasteiger partial charge >= 0.3 is 11.9 Å². The Morgan fingerprint density at radius 2 is 1.56 bits per heavy atom. The monoisotopic (exact) mass is 364 g/mol. The smallest absolute Gasteiger partial charge is 0.339 e. The lowest BCUT2D eigenvalue weighted by Crippen LogP contribution is -2.41. The van der Waals surface area contributed by atoms with Gasteiger partial charge < -0.3 is 14.2 Å². The number of esters is 2. The lowest BCUT2D eigenvalue weighted by Gasteiger charge is -2.34. The van der Waals surface area contributed by atoms with E-state index in [-0.39, 0.29) is 36.9 Å². The maximum atomic E-state index is 12.6. The van der Waals surface area contributed by atoms with E-state index in [1.165, 1.54) is 0 Å². The van der Waals surface area contributed by atoms with Gasteiger partial charge in [0.1, 0.15) is 18.8 Å². The number of hydrogen-bond acceptors (Lipinski definition) is 5. The van der Waals surface area contributed by atoms with E-state index < -0.39 is 17.5 Å². The molecule has 0 amide bonds. The normalized spacial score (nSPS) is 25.0. The van der Waals surface area contributed by atoms with Crippen LogP contribution in [-0.2, 0) is 14.2 Å². The second kappa shape index (κ2) is 7.00. The topological polar surface area (TPSA) is 61.8 Å². The molecule has 0 radical (unpaired) electrons. The molecule has 5 nitrogen and oxygen atoms in total. The zero-order chi connectivity index (χ0) is 18.9. The summed E-state index contributed by atoms with van der Waals surface area (Å²) in [6, 6.07) is 14.6. The molecule has 2 aliphatic rings. The first-order chi connectivity index (χ1) is 13.1. The van der Waals surface area contributed by atoms with Crippen molar-refractivity contribution in [2.45, 2.75) is 18.4 Å². The molecule has 2 unspecified atom stereocenters. The van der Waals surface area contributed by atoms with Crippen LogP contribution in [-0.4, -0.2) is 37.4 Å². The van der Waals surface area contributed by atoms with Crippen LogP contribution < -0.4 is 0 Å². The Kier molecular flexibility index (Phi) is 4.54. The lowest BCUT2D eigenvalue weighted by atomic mass is 9.85. The molecule has 0 spiro atoms. The molecular weight excluding hydrogens is 344 g/mol. The minimum atomic E-state index is -0.773. The first-order valence-electron chi connectivity index (χ1n) is 8.93. The molecule has 4 rings (SSSR count). The minimum Gasteiger partial charge on any atom is -0.460 e. The van der Waals surface area contributed by atoms with E-state index in [9.17, 15) is 9.59 Å². The molecule has 0 saturated carbocycles. The van der Waals surface area contributed by atoms with Crippen molar-refractivity contribution >= 4 is 18.0 Å². The van der Waals surface area contributed by atoms with Gasteiger partial charge in [-0.2, -0.15) is 0 Å². The van der Waals surface area contributed by atoms with Crippen molar-refractivity contribution in [1.29, 1.82) is 0 Å². The van der Waals surface area contributed by atoms with Crippen LogP contribution in [0.3, 0.4) is 0 Å². The van der Waals surface area contributed by atoms with Crippen molar-refractivity contribution in [3.05, 3.63) is 76.9 Å². The van der Waals surface area contributed by atoms with E-state index >= 15 is 0 Å². The highest BCUT2D eigenvalue weighted by atomic mass is 16.6. The molecule has 0 N–H and O–H groups in total. The third-order valence-corrected chi connectivity index (χ3v) is 5.06. The number of carbonyl (C=O) groups excluding carboxylic acids is 2. The molecular formula is C22H20O5. The summed E-state index contributed by atoms with van der Waals surface area (Å²) in [6.07, 6.45) is 4.12. The van der Waals surface area contributed by atoms with Crippen LogP contribution in [0.25, 0.3) is 6.08 Å². The Bertz CT molecular complexity index is 916. The van der Waals surface area contributed by atoms with E-state index in [4.69, 9.17) is 14.2 Å². The van der Waals surface area contributed by atoms with E-state index in [1.807, 2.05) is 25.1 Å². The second-order valence-electron chi connectivity index (χ2n) is 6.88. The van der Waals surface area contributed by atoms with Crippen molar-refractivity contribution in [2.75, 3.05) is 19.8 Å². The van der Waals surface area contributed by atoms with Gasteiger partial charge in [0.15, 0.2) is 0 Å². The molecule has 0 aromatic heterocycles. The summed E-state index contributed by atoms with van der Waals surface area (Å²) >= 11 is 0. The van der Waals surface area contributed by atoms with Gasteiger partial charge in [0, 0.05) is 5.92 Å². The van der Waals surface area contributed by atoms with Crippen LogP contribution in [0.5, 0.6) is 0 Å². The predicted molar refractivity (Wildman–Crippen MR) is 99.6 cm³/mol. The maximum absolute atomic E-state index is 12.6. The van der Waals surface area contributed by atoms with Crippen molar-refractivity contribution in [3.63, 3.8) is 0 Å². The molecule has 2 aromatic rings. The van der Waals surface area contributed by atoms with E-state index in [0.717, 1.165) is 11.1 Å². The molecule has 1 heterocycles. The summed E-state index contributed by atoms with van der Waals surface area (Å²) in [7, 11) is 0. The summed E-state index contributed by atoms with van der Waals surface area (Å²) in [6.45, 7) is 2.31. The molecule has 138 valence electrons. The third kappa shape index (κ3) is 3.26. The number of ether oxygens (including phenoxy) is 3. The molecule has 0 bridgehead atoms. The summed E-state index contributed by atoms with van der Waals surface area (Å²) in [5.41, 5.74) is 1.89. The van der Waals surface area contributed by atoms with Crippen molar-refractivity contribution in [2.24, 2.45) is 0 Å². The van der Waals surface area contributed by atoms with Crippen LogP contribution in [0.2, 0.25) is 0 Å². The third-order valence-electron chi connectivity index (χ3n) is 5.06. The van der Waals surface area contributed by atoms with Crippen molar-refractivity contribution in [3.8, 4) is 0 Å². The number of carbonyl (C=O) groups is 2. The lowest BCUT2D eigenvalue weighted by molar-refractivity contribution is -0.0903. The zero-order valence-corrected chi connectivity index (χ0v) is 15.0. The fourth-order valence-corrected chi connectivity index (χ4v) is 3.62. The highest BCUT2D eigenvalue weighted by Gasteiger charge is 2.39. The molecule has 5 heteroatoms. The van der Waals surface area contributed by atoms with Crippen molar-refractivity contribution in [1.82, 2.24) is 0 Å². The summed E-state index contributed by atoms with van der Waals surface area (Å²) in [5, 5.41) is 0. The predicted octanol–water partition coefficient (Wildman–Crippen LogP) is 3.60. The fourth-order valence-electron chi connectivity index (χ4n) is 3.62. The molecule has 2 aromatic carbocycles. The quantitative estimate of drug-likeness (QED) is 0.724. The number of hydrogen-bond donors (Lipinski definition) is 0. The van der Waals surface area contributed by atoms with Crippen LogP contribution in [0.4, 0.5) is 0 Å². The highest BCUT2D eigenvalue weighted by Crippen LogP contribution is 2.40. The van der Waals surface area contributed by atoms with Crippen LogP contribution >= 0.6 is 0 Å². The Hall–Kier alpha value is -2.92. The van der Waals surface area contributed by atoms with E-state index in [2.05, 4.69) is 18.2 Å². The average Bonchev–Trinajstić information content (AvgIpc) is 3.13. The molecule has 1 aliphatic carbocycles. The average molecular weight is 364 g/mol. The van der Waals surface area contributed by atoms with Gasteiger partial charge in [0.05, 0.1) is 17.7 Å². The summed E-state index contributed by atoms with van der Waals surface area (Å²) in [5.74, 6) is -1.18. The van der Waals surface area contributed by atoms with Crippen molar-refractivity contribution < 1.29 is 23.8 Å². The number of rotatable bonds is 1. The highest BCUT2D eigenvalue weighted by molar-refractivity contribution is 6.03.